The highest BCUT2D eigenvalue weighted by atomic mass is 16.5. The van der Waals surface area contributed by atoms with E-state index in [4.69, 9.17) is 9.84 Å². The fourth-order valence-electron chi connectivity index (χ4n) is 2.37. The molecule has 1 aliphatic heterocycles. The lowest BCUT2D eigenvalue weighted by molar-refractivity contribution is -0.150. The molecule has 0 aliphatic carbocycles. The number of nitrogens with zero attached hydrogens (tertiary/aromatic N) is 2. The monoisotopic (exact) mass is 292 g/mol. The molecule has 0 aromatic heterocycles. The van der Waals surface area contributed by atoms with Gasteiger partial charge in [0.15, 0.2) is 0 Å². The van der Waals surface area contributed by atoms with Crippen LogP contribution in [0.2, 0.25) is 0 Å². The Morgan fingerprint density at radius 2 is 1.90 bits per heavy atom. The predicted molar refractivity (Wildman–Crippen MR) is 78.6 cm³/mol. The van der Waals surface area contributed by atoms with Gasteiger partial charge in [0.05, 0.1) is 7.11 Å². The molecular weight excluding hydrogens is 272 g/mol. The Balaban J connectivity index is 1.96. The molecule has 2 rings (SSSR count). The van der Waals surface area contributed by atoms with Gasteiger partial charge in [-0.25, -0.2) is 0 Å². The van der Waals surface area contributed by atoms with Crippen molar-refractivity contribution in [1.82, 2.24) is 4.90 Å². The number of hydrogen-bond acceptors (Lipinski definition) is 4. The van der Waals surface area contributed by atoms with Crippen molar-refractivity contribution in [2.24, 2.45) is 5.92 Å². The number of aliphatic carboxylic acids is 1. The quantitative estimate of drug-likeness (QED) is 0.840. The second kappa shape index (κ2) is 6.47. The Morgan fingerprint density at radius 3 is 2.48 bits per heavy atom. The van der Waals surface area contributed by atoms with Crippen LogP contribution >= 0.6 is 0 Å². The molecule has 1 fully saturated rings. The van der Waals surface area contributed by atoms with E-state index in [1.165, 1.54) is 6.92 Å². The topological polar surface area (TPSA) is 70.1 Å². The lowest BCUT2D eigenvalue weighted by atomic mass is 10.1. The number of anilines is 1. The molecule has 1 N–H and O–H groups in total. The first-order valence-corrected chi connectivity index (χ1v) is 6.93. The van der Waals surface area contributed by atoms with Gasteiger partial charge in [0.25, 0.3) is 0 Å². The number of piperazine rings is 1. The average molecular weight is 292 g/mol. The third-order valence-electron chi connectivity index (χ3n) is 3.75. The fourth-order valence-corrected chi connectivity index (χ4v) is 2.37. The molecule has 1 aromatic rings. The lowest BCUT2D eigenvalue weighted by Crippen LogP contribution is -2.51. The number of benzene rings is 1. The summed E-state index contributed by atoms with van der Waals surface area (Å²) in [5.41, 5.74) is 1.05. The molecule has 21 heavy (non-hydrogen) atoms. The van der Waals surface area contributed by atoms with Gasteiger partial charge in [0, 0.05) is 37.9 Å². The fraction of sp³-hybridized carbons (Fsp3) is 0.467. The zero-order chi connectivity index (χ0) is 15.4. The summed E-state index contributed by atoms with van der Waals surface area (Å²) in [4.78, 5) is 26.6. The van der Waals surface area contributed by atoms with Gasteiger partial charge in [-0.2, -0.15) is 0 Å². The first-order chi connectivity index (χ1) is 10.0. The maximum atomic E-state index is 12.0. The van der Waals surface area contributed by atoms with Gasteiger partial charge in [-0.05, 0) is 19.1 Å². The number of carboxylic acids is 1. The minimum Gasteiger partial charge on any atom is -0.497 e. The first kappa shape index (κ1) is 15.2. The van der Waals surface area contributed by atoms with E-state index in [-0.39, 0.29) is 5.91 Å². The number of amides is 1. The zero-order valence-electron chi connectivity index (χ0n) is 12.3. The van der Waals surface area contributed by atoms with Crippen LogP contribution in [0, 0.1) is 5.92 Å². The SMILES string of the molecule is COc1cccc(N2CCN(C(=O)C(C)C(=O)O)CC2)c1. The minimum atomic E-state index is -1.07. The number of carbonyl (C=O) groups is 2. The molecule has 0 radical (unpaired) electrons. The predicted octanol–water partition coefficient (Wildman–Crippen LogP) is 1.06. The van der Waals surface area contributed by atoms with E-state index in [1.807, 2.05) is 24.3 Å². The van der Waals surface area contributed by atoms with Gasteiger partial charge in [0.1, 0.15) is 11.7 Å². The van der Waals surface area contributed by atoms with Gasteiger partial charge < -0.3 is 19.6 Å². The van der Waals surface area contributed by atoms with Gasteiger partial charge in [-0.3, -0.25) is 9.59 Å². The van der Waals surface area contributed by atoms with Crippen molar-refractivity contribution < 1.29 is 19.4 Å². The summed E-state index contributed by atoms with van der Waals surface area (Å²) in [5.74, 6) is -1.57. The van der Waals surface area contributed by atoms with E-state index in [0.29, 0.717) is 26.2 Å². The Kier molecular flexibility index (Phi) is 4.67. The molecular formula is C15H20N2O4. The Morgan fingerprint density at radius 1 is 1.24 bits per heavy atom. The van der Waals surface area contributed by atoms with Crippen LogP contribution < -0.4 is 9.64 Å². The number of rotatable bonds is 4. The zero-order valence-corrected chi connectivity index (χ0v) is 12.3. The van der Waals surface area contributed by atoms with Gasteiger partial charge >= 0.3 is 5.97 Å². The van der Waals surface area contributed by atoms with Crippen LogP contribution in [0.25, 0.3) is 0 Å². The van der Waals surface area contributed by atoms with Crippen LogP contribution in [-0.4, -0.2) is 55.2 Å². The highest BCUT2D eigenvalue weighted by Gasteiger charge is 2.28. The molecule has 1 aliphatic rings. The van der Waals surface area contributed by atoms with Crippen molar-refractivity contribution in [2.45, 2.75) is 6.92 Å². The second-order valence-corrected chi connectivity index (χ2v) is 5.07. The molecule has 0 spiro atoms. The number of hydrogen-bond donors (Lipinski definition) is 1. The van der Waals surface area contributed by atoms with E-state index in [9.17, 15) is 9.59 Å². The van der Waals surface area contributed by atoms with Crippen LogP contribution in [0.15, 0.2) is 24.3 Å². The standard InChI is InChI=1S/C15H20N2O4/c1-11(15(19)20)14(18)17-8-6-16(7-9-17)12-4-3-5-13(10-12)21-2/h3-5,10-11H,6-9H2,1-2H3,(H,19,20). The maximum Gasteiger partial charge on any atom is 0.315 e. The van der Waals surface area contributed by atoms with Crippen molar-refractivity contribution >= 4 is 17.6 Å². The van der Waals surface area contributed by atoms with Crippen LogP contribution in [0.4, 0.5) is 5.69 Å². The van der Waals surface area contributed by atoms with E-state index in [2.05, 4.69) is 4.90 Å². The van der Waals surface area contributed by atoms with Crippen LogP contribution in [0.5, 0.6) is 5.75 Å². The summed E-state index contributed by atoms with van der Waals surface area (Å²) in [5, 5.41) is 8.90. The van der Waals surface area contributed by atoms with Crippen LogP contribution in [-0.2, 0) is 9.59 Å². The van der Waals surface area contributed by atoms with Crippen LogP contribution in [0.3, 0.4) is 0 Å². The van der Waals surface area contributed by atoms with Crippen molar-refractivity contribution in [3.63, 3.8) is 0 Å². The third-order valence-corrected chi connectivity index (χ3v) is 3.75. The van der Waals surface area contributed by atoms with E-state index in [1.54, 1.807) is 12.0 Å². The van der Waals surface area contributed by atoms with Crippen molar-refractivity contribution in [3.8, 4) is 5.75 Å². The molecule has 1 heterocycles. The molecule has 6 heteroatoms. The van der Waals surface area contributed by atoms with E-state index >= 15 is 0 Å². The lowest BCUT2D eigenvalue weighted by Gasteiger charge is -2.36. The summed E-state index contributed by atoms with van der Waals surface area (Å²) < 4.78 is 5.21. The smallest absolute Gasteiger partial charge is 0.315 e. The highest BCUT2D eigenvalue weighted by Crippen LogP contribution is 2.22. The summed E-state index contributed by atoms with van der Waals surface area (Å²) in [6, 6.07) is 7.77. The summed E-state index contributed by atoms with van der Waals surface area (Å²) in [6.45, 7) is 3.87. The molecule has 1 amide bonds. The average Bonchev–Trinajstić information content (AvgIpc) is 2.53. The number of carbonyl (C=O) groups excluding carboxylic acids is 1. The first-order valence-electron chi connectivity index (χ1n) is 6.93. The maximum absolute atomic E-state index is 12.0. The number of carboxylic acid groups (broad SMARTS) is 1. The van der Waals surface area contributed by atoms with Gasteiger partial charge in [-0.15, -0.1) is 0 Å². The van der Waals surface area contributed by atoms with Crippen LogP contribution in [0.1, 0.15) is 6.92 Å². The highest BCUT2D eigenvalue weighted by molar-refractivity contribution is 5.96. The molecule has 0 saturated carbocycles. The van der Waals surface area contributed by atoms with Gasteiger partial charge in [-0.1, -0.05) is 6.07 Å². The molecule has 1 aromatic carbocycles. The normalized spacial score (nSPS) is 16.5. The molecule has 114 valence electrons. The second-order valence-electron chi connectivity index (χ2n) is 5.07. The largest absolute Gasteiger partial charge is 0.497 e. The molecule has 1 saturated heterocycles. The minimum absolute atomic E-state index is 0.312. The molecule has 1 atom stereocenters. The number of ether oxygens (including phenoxy) is 1. The Hall–Kier alpha value is -2.24. The van der Waals surface area contributed by atoms with Crippen molar-refractivity contribution in [3.05, 3.63) is 24.3 Å². The molecule has 0 bridgehead atoms. The molecule has 6 nitrogen and oxygen atoms in total. The van der Waals surface area contributed by atoms with Crippen molar-refractivity contribution in [2.75, 3.05) is 38.2 Å². The van der Waals surface area contributed by atoms with E-state index < -0.39 is 11.9 Å². The summed E-state index contributed by atoms with van der Waals surface area (Å²) >= 11 is 0. The Labute approximate surface area is 123 Å². The Bertz CT molecular complexity index is 524. The summed E-state index contributed by atoms with van der Waals surface area (Å²) in [6.07, 6.45) is 0. The van der Waals surface area contributed by atoms with E-state index in [0.717, 1.165) is 11.4 Å². The third kappa shape index (κ3) is 3.45. The van der Waals surface area contributed by atoms with Crippen molar-refractivity contribution in [1.29, 1.82) is 0 Å². The molecule has 1 unspecified atom stereocenters. The van der Waals surface area contributed by atoms with Gasteiger partial charge in [0.2, 0.25) is 5.91 Å². The number of methoxy groups -OCH3 is 1. The summed E-state index contributed by atoms with van der Waals surface area (Å²) in [7, 11) is 1.63.